The van der Waals surface area contributed by atoms with E-state index in [0.717, 1.165) is 10.9 Å². The Morgan fingerprint density at radius 1 is 1.24 bits per heavy atom. The van der Waals surface area contributed by atoms with E-state index in [1.807, 2.05) is 18.2 Å². The van der Waals surface area contributed by atoms with Gasteiger partial charge in [0.05, 0.1) is 16.1 Å². The molecule has 0 bridgehead atoms. The van der Waals surface area contributed by atoms with Crippen LogP contribution in [0.5, 0.6) is 0 Å². The molecule has 4 nitrogen and oxygen atoms in total. The van der Waals surface area contributed by atoms with Crippen LogP contribution in [0, 0.1) is 0 Å². The van der Waals surface area contributed by atoms with Gasteiger partial charge < -0.3 is 10.3 Å². The predicted octanol–water partition coefficient (Wildman–Crippen LogP) is 3.13. The van der Waals surface area contributed by atoms with Crippen LogP contribution in [0.25, 0.3) is 22.2 Å². The Labute approximate surface area is 102 Å². The minimum Gasteiger partial charge on any atom is -0.381 e. The van der Waals surface area contributed by atoms with Crippen molar-refractivity contribution in [1.82, 2.24) is 10.1 Å². The van der Waals surface area contributed by atoms with Gasteiger partial charge in [0, 0.05) is 17.6 Å². The van der Waals surface area contributed by atoms with Crippen molar-refractivity contribution in [2.75, 3.05) is 5.73 Å². The molecule has 2 aromatic heterocycles. The third-order valence-electron chi connectivity index (χ3n) is 2.50. The molecule has 2 heterocycles. The second-order valence-electron chi connectivity index (χ2n) is 3.61. The smallest absolute Gasteiger partial charge is 0.172 e. The Balaban J connectivity index is 2.38. The van der Waals surface area contributed by atoms with Crippen LogP contribution in [0.2, 0.25) is 5.02 Å². The van der Waals surface area contributed by atoms with Crippen molar-refractivity contribution in [1.29, 1.82) is 0 Å². The lowest BCUT2D eigenvalue weighted by atomic mass is 10.1. The minimum absolute atomic E-state index is 0.323. The lowest BCUT2D eigenvalue weighted by Gasteiger charge is -2.04. The number of anilines is 1. The summed E-state index contributed by atoms with van der Waals surface area (Å²) in [6, 6.07) is 9.18. The zero-order valence-electron chi connectivity index (χ0n) is 8.72. The Kier molecular flexibility index (Phi) is 2.23. The number of pyridine rings is 1. The van der Waals surface area contributed by atoms with Crippen molar-refractivity contribution in [3.8, 4) is 11.3 Å². The molecule has 0 atom stereocenters. The summed E-state index contributed by atoms with van der Waals surface area (Å²) in [5, 5.41) is 5.21. The van der Waals surface area contributed by atoms with E-state index >= 15 is 0 Å². The highest BCUT2D eigenvalue weighted by Crippen LogP contribution is 2.34. The van der Waals surface area contributed by atoms with Gasteiger partial charge in [0.1, 0.15) is 0 Å². The number of halogens is 1. The van der Waals surface area contributed by atoms with Gasteiger partial charge in [0.2, 0.25) is 0 Å². The Bertz CT molecular complexity index is 693. The molecular formula is C12H8ClN3O. The summed E-state index contributed by atoms with van der Waals surface area (Å²) in [6.45, 7) is 0. The number of benzene rings is 1. The van der Waals surface area contributed by atoms with E-state index in [4.69, 9.17) is 21.9 Å². The Morgan fingerprint density at radius 2 is 2.12 bits per heavy atom. The number of nitrogens with zero attached hydrogens (tertiary/aromatic N) is 2. The van der Waals surface area contributed by atoms with Crippen molar-refractivity contribution in [2.24, 2.45) is 0 Å². The maximum atomic E-state index is 6.18. The number of nitrogens with two attached hydrogens (primary N) is 1. The molecule has 0 unspecified atom stereocenters. The first-order chi connectivity index (χ1) is 8.25. The number of fused-ring (bicyclic) bond motifs is 1. The van der Waals surface area contributed by atoms with Crippen LogP contribution < -0.4 is 5.73 Å². The highest BCUT2D eigenvalue weighted by molar-refractivity contribution is 6.34. The molecule has 0 fully saturated rings. The molecule has 84 valence electrons. The third kappa shape index (κ3) is 1.62. The van der Waals surface area contributed by atoms with E-state index in [1.165, 1.54) is 0 Å². The van der Waals surface area contributed by atoms with Gasteiger partial charge in [-0.25, -0.2) is 0 Å². The summed E-state index contributed by atoms with van der Waals surface area (Å²) in [5.74, 6) is 0.848. The SMILES string of the molecule is Nc1cc(-c2c(Cl)ccc3cccnc23)on1. The van der Waals surface area contributed by atoms with Crippen molar-refractivity contribution >= 4 is 28.3 Å². The molecule has 0 aliphatic carbocycles. The zero-order chi connectivity index (χ0) is 11.8. The molecule has 5 heteroatoms. The summed E-state index contributed by atoms with van der Waals surface area (Å²) in [5.41, 5.74) is 7.03. The number of hydrogen-bond donors (Lipinski definition) is 1. The van der Waals surface area contributed by atoms with Crippen LogP contribution in [-0.2, 0) is 0 Å². The summed E-state index contributed by atoms with van der Waals surface area (Å²) < 4.78 is 5.14. The standard InChI is InChI=1S/C12H8ClN3O/c13-8-4-3-7-2-1-5-15-12(7)11(8)9-6-10(14)16-17-9/h1-6H,(H2,14,16). The van der Waals surface area contributed by atoms with Crippen molar-refractivity contribution in [2.45, 2.75) is 0 Å². The fourth-order valence-electron chi connectivity index (χ4n) is 1.76. The second kappa shape index (κ2) is 3.75. The van der Waals surface area contributed by atoms with E-state index in [1.54, 1.807) is 18.3 Å². The minimum atomic E-state index is 0.323. The van der Waals surface area contributed by atoms with Crippen molar-refractivity contribution in [3.63, 3.8) is 0 Å². The van der Waals surface area contributed by atoms with Crippen molar-refractivity contribution in [3.05, 3.63) is 41.6 Å². The first kappa shape index (κ1) is 10.1. The van der Waals surface area contributed by atoms with E-state index in [-0.39, 0.29) is 0 Å². The molecule has 2 N–H and O–H groups in total. The molecule has 0 aliphatic heterocycles. The van der Waals surface area contributed by atoms with Crippen LogP contribution in [0.15, 0.2) is 41.1 Å². The van der Waals surface area contributed by atoms with Gasteiger partial charge in [0.25, 0.3) is 0 Å². The highest BCUT2D eigenvalue weighted by Gasteiger charge is 2.14. The van der Waals surface area contributed by atoms with Gasteiger partial charge in [-0.1, -0.05) is 28.9 Å². The average Bonchev–Trinajstić information content (AvgIpc) is 2.75. The second-order valence-corrected chi connectivity index (χ2v) is 4.02. The Hall–Kier alpha value is -2.07. The molecule has 0 spiro atoms. The fourth-order valence-corrected chi connectivity index (χ4v) is 2.01. The van der Waals surface area contributed by atoms with Gasteiger partial charge in [-0.15, -0.1) is 0 Å². The maximum Gasteiger partial charge on any atom is 0.172 e. The first-order valence-corrected chi connectivity index (χ1v) is 5.39. The first-order valence-electron chi connectivity index (χ1n) is 5.01. The van der Waals surface area contributed by atoms with Crippen LogP contribution >= 0.6 is 11.6 Å². The molecule has 0 aliphatic rings. The normalized spacial score (nSPS) is 10.9. The number of nitrogen functional groups attached to an aromatic ring is 1. The lowest BCUT2D eigenvalue weighted by molar-refractivity contribution is 0.436. The molecule has 0 amide bonds. The maximum absolute atomic E-state index is 6.18. The largest absolute Gasteiger partial charge is 0.381 e. The molecule has 1 aromatic carbocycles. The highest BCUT2D eigenvalue weighted by atomic mass is 35.5. The van der Waals surface area contributed by atoms with Gasteiger partial charge in [-0.05, 0) is 12.1 Å². The van der Waals surface area contributed by atoms with E-state index in [0.29, 0.717) is 22.2 Å². The van der Waals surface area contributed by atoms with Gasteiger partial charge in [0.15, 0.2) is 11.6 Å². The topological polar surface area (TPSA) is 64.9 Å². The van der Waals surface area contributed by atoms with Crippen LogP contribution in [0.3, 0.4) is 0 Å². The number of hydrogen-bond acceptors (Lipinski definition) is 4. The molecule has 0 radical (unpaired) electrons. The molecule has 3 aromatic rings. The molecule has 17 heavy (non-hydrogen) atoms. The van der Waals surface area contributed by atoms with Crippen LogP contribution in [0.1, 0.15) is 0 Å². The van der Waals surface area contributed by atoms with Gasteiger partial charge in [-0.3, -0.25) is 4.98 Å². The quantitative estimate of drug-likeness (QED) is 0.715. The monoisotopic (exact) mass is 245 g/mol. The molecular weight excluding hydrogens is 238 g/mol. The van der Waals surface area contributed by atoms with E-state index in [2.05, 4.69) is 10.1 Å². The van der Waals surface area contributed by atoms with E-state index < -0.39 is 0 Å². The number of rotatable bonds is 1. The fraction of sp³-hybridized carbons (Fsp3) is 0. The summed E-state index contributed by atoms with van der Waals surface area (Å²) in [7, 11) is 0. The lowest BCUT2D eigenvalue weighted by Crippen LogP contribution is -1.84. The number of aromatic nitrogens is 2. The predicted molar refractivity (Wildman–Crippen MR) is 66.7 cm³/mol. The summed E-state index contributed by atoms with van der Waals surface area (Å²) in [4.78, 5) is 4.31. The summed E-state index contributed by atoms with van der Waals surface area (Å²) in [6.07, 6.45) is 1.71. The van der Waals surface area contributed by atoms with Crippen LogP contribution in [0.4, 0.5) is 5.82 Å². The van der Waals surface area contributed by atoms with E-state index in [9.17, 15) is 0 Å². The Morgan fingerprint density at radius 3 is 2.88 bits per heavy atom. The molecule has 3 rings (SSSR count). The average molecular weight is 246 g/mol. The van der Waals surface area contributed by atoms with Gasteiger partial charge in [-0.2, -0.15) is 0 Å². The zero-order valence-corrected chi connectivity index (χ0v) is 9.48. The molecule has 0 saturated heterocycles. The van der Waals surface area contributed by atoms with Crippen LogP contribution in [-0.4, -0.2) is 10.1 Å². The third-order valence-corrected chi connectivity index (χ3v) is 2.81. The summed E-state index contributed by atoms with van der Waals surface area (Å²) >= 11 is 6.18. The van der Waals surface area contributed by atoms with Gasteiger partial charge >= 0.3 is 0 Å². The molecule has 0 saturated carbocycles. The van der Waals surface area contributed by atoms with Crippen molar-refractivity contribution < 1.29 is 4.52 Å².